The van der Waals surface area contributed by atoms with E-state index in [2.05, 4.69) is 41.8 Å². The highest BCUT2D eigenvalue weighted by molar-refractivity contribution is 7.98. The summed E-state index contributed by atoms with van der Waals surface area (Å²) in [5.41, 5.74) is 4.31. The molecule has 26 heavy (non-hydrogen) atoms. The van der Waals surface area contributed by atoms with E-state index in [1.54, 1.807) is 35.2 Å². The number of aryl methyl sites for hydroxylation is 3. The van der Waals surface area contributed by atoms with E-state index in [-0.39, 0.29) is 18.1 Å². The van der Waals surface area contributed by atoms with Crippen molar-refractivity contribution in [2.75, 3.05) is 12.0 Å². The zero-order valence-electron chi connectivity index (χ0n) is 15.1. The van der Waals surface area contributed by atoms with Gasteiger partial charge in [-0.05, 0) is 55.0 Å². The summed E-state index contributed by atoms with van der Waals surface area (Å²) in [7, 11) is 0. The van der Waals surface area contributed by atoms with Crippen molar-refractivity contribution in [1.29, 1.82) is 0 Å². The lowest BCUT2D eigenvalue weighted by atomic mass is 10.1. The summed E-state index contributed by atoms with van der Waals surface area (Å²) in [6.07, 6.45) is 2.25. The Morgan fingerprint density at radius 2 is 1.96 bits per heavy atom. The predicted octanol–water partition coefficient (Wildman–Crippen LogP) is 4.49. The Balaban J connectivity index is 2.01. The molecule has 0 bridgehead atoms. The molecule has 136 valence electrons. The average molecular weight is 389 g/mol. The van der Waals surface area contributed by atoms with Crippen LogP contribution in [0.2, 0.25) is 0 Å². The van der Waals surface area contributed by atoms with E-state index in [9.17, 15) is 9.18 Å². The number of carbonyl (C=O) groups is 1. The third-order valence-electron chi connectivity index (χ3n) is 4.12. The maximum Gasteiger partial charge on any atom is 0.252 e. The summed E-state index contributed by atoms with van der Waals surface area (Å²) in [4.78, 5) is 17.6. The van der Waals surface area contributed by atoms with Gasteiger partial charge in [0.25, 0.3) is 5.91 Å². The van der Waals surface area contributed by atoms with E-state index in [1.807, 2.05) is 0 Å². The van der Waals surface area contributed by atoms with Gasteiger partial charge in [0.2, 0.25) is 0 Å². The van der Waals surface area contributed by atoms with Crippen LogP contribution in [0.15, 0.2) is 41.4 Å². The van der Waals surface area contributed by atoms with Crippen LogP contribution in [0.3, 0.4) is 0 Å². The Morgan fingerprint density at radius 3 is 2.65 bits per heavy atom. The smallest absolute Gasteiger partial charge is 0.252 e. The van der Waals surface area contributed by atoms with Crippen molar-refractivity contribution in [3.63, 3.8) is 0 Å². The number of carbonyl (C=O) groups excluding carboxylic acids is 1. The minimum absolute atomic E-state index is 0.176. The van der Waals surface area contributed by atoms with Crippen LogP contribution in [0.1, 0.15) is 16.7 Å². The van der Waals surface area contributed by atoms with Gasteiger partial charge in [0.1, 0.15) is 5.82 Å². The number of benzene rings is 2. The molecule has 0 spiro atoms. The van der Waals surface area contributed by atoms with Crippen molar-refractivity contribution in [2.45, 2.75) is 26.8 Å². The van der Waals surface area contributed by atoms with Crippen molar-refractivity contribution >= 4 is 39.2 Å². The first-order chi connectivity index (χ1) is 12.5. The van der Waals surface area contributed by atoms with Crippen LogP contribution >= 0.6 is 23.1 Å². The van der Waals surface area contributed by atoms with Gasteiger partial charge in [-0.3, -0.25) is 4.79 Å². The number of halogens is 1. The molecule has 0 aliphatic rings. The lowest BCUT2D eigenvalue weighted by Crippen LogP contribution is -2.18. The standard InChI is InChI=1S/C20H21FN2OS2/c1-13-10-14(2)19-17(11-13)23(8-9-25-3)20(26-19)22-18(24)12-15-4-6-16(21)7-5-15/h4-7,10-11H,8-9,12H2,1-3H3. The predicted molar refractivity (Wildman–Crippen MR) is 108 cm³/mol. The van der Waals surface area contributed by atoms with Gasteiger partial charge in [-0.2, -0.15) is 16.8 Å². The van der Waals surface area contributed by atoms with Gasteiger partial charge in [0.15, 0.2) is 4.80 Å². The van der Waals surface area contributed by atoms with Gasteiger partial charge < -0.3 is 4.57 Å². The Labute approximate surface area is 160 Å². The van der Waals surface area contributed by atoms with Crippen LogP contribution in [0.25, 0.3) is 10.2 Å². The third kappa shape index (κ3) is 4.24. The quantitative estimate of drug-likeness (QED) is 0.645. The van der Waals surface area contributed by atoms with E-state index in [1.165, 1.54) is 28.0 Å². The zero-order chi connectivity index (χ0) is 18.7. The molecular weight excluding hydrogens is 367 g/mol. The fourth-order valence-electron chi connectivity index (χ4n) is 2.92. The second-order valence-electron chi connectivity index (χ2n) is 6.27. The van der Waals surface area contributed by atoms with Gasteiger partial charge in [-0.1, -0.05) is 29.5 Å². The van der Waals surface area contributed by atoms with Crippen LogP contribution in [-0.4, -0.2) is 22.5 Å². The van der Waals surface area contributed by atoms with Crippen molar-refractivity contribution < 1.29 is 9.18 Å². The molecule has 0 N–H and O–H groups in total. The van der Waals surface area contributed by atoms with Crippen molar-refractivity contribution in [2.24, 2.45) is 4.99 Å². The highest BCUT2D eigenvalue weighted by Crippen LogP contribution is 2.23. The summed E-state index contributed by atoms with van der Waals surface area (Å²) in [5, 5.41) is 0. The maximum absolute atomic E-state index is 13.0. The van der Waals surface area contributed by atoms with Gasteiger partial charge in [-0.25, -0.2) is 4.39 Å². The van der Waals surface area contributed by atoms with E-state index in [4.69, 9.17) is 0 Å². The van der Waals surface area contributed by atoms with Crippen LogP contribution in [0, 0.1) is 19.7 Å². The third-order valence-corrected chi connectivity index (χ3v) is 5.94. The second-order valence-corrected chi connectivity index (χ2v) is 8.23. The molecule has 0 radical (unpaired) electrons. The number of hydrogen-bond donors (Lipinski definition) is 0. The number of nitrogens with zero attached hydrogens (tertiary/aromatic N) is 2. The lowest BCUT2D eigenvalue weighted by molar-refractivity contribution is -0.117. The summed E-state index contributed by atoms with van der Waals surface area (Å²) in [6, 6.07) is 10.3. The lowest BCUT2D eigenvalue weighted by Gasteiger charge is -2.05. The molecule has 0 unspecified atom stereocenters. The molecule has 0 saturated heterocycles. The van der Waals surface area contributed by atoms with Crippen molar-refractivity contribution in [1.82, 2.24) is 4.57 Å². The Bertz CT molecular complexity index is 1000. The molecule has 1 amide bonds. The van der Waals surface area contributed by atoms with Gasteiger partial charge in [0, 0.05) is 12.3 Å². The minimum atomic E-state index is -0.302. The average Bonchev–Trinajstić information content (AvgIpc) is 2.92. The Morgan fingerprint density at radius 1 is 1.23 bits per heavy atom. The molecule has 6 heteroatoms. The molecule has 2 aromatic carbocycles. The summed E-state index contributed by atoms with van der Waals surface area (Å²) >= 11 is 3.33. The Kier molecular flexibility index (Phi) is 5.94. The number of aromatic nitrogens is 1. The summed E-state index contributed by atoms with van der Waals surface area (Å²) < 4.78 is 16.3. The molecule has 3 nitrogen and oxygen atoms in total. The van der Waals surface area contributed by atoms with Crippen LogP contribution < -0.4 is 4.80 Å². The molecule has 0 saturated carbocycles. The highest BCUT2D eigenvalue weighted by atomic mass is 32.2. The Hall–Kier alpha value is -1.92. The number of hydrogen-bond acceptors (Lipinski definition) is 3. The SMILES string of the molecule is CSCCn1c(=NC(=O)Cc2ccc(F)cc2)sc2c(C)cc(C)cc21. The molecular formula is C20H21FN2OS2. The van der Waals surface area contributed by atoms with Crippen LogP contribution in [-0.2, 0) is 17.8 Å². The second kappa shape index (κ2) is 8.18. The number of thioether (sulfide) groups is 1. The molecule has 3 aromatic rings. The molecule has 0 aliphatic heterocycles. The van der Waals surface area contributed by atoms with Crippen molar-refractivity contribution in [3.8, 4) is 0 Å². The summed E-state index contributed by atoms with van der Waals surface area (Å²) in [6.45, 7) is 4.99. The molecule has 0 atom stereocenters. The van der Waals surface area contributed by atoms with E-state index in [0.29, 0.717) is 0 Å². The first-order valence-electron chi connectivity index (χ1n) is 8.39. The van der Waals surface area contributed by atoms with Crippen molar-refractivity contribution in [3.05, 3.63) is 63.7 Å². The molecule has 0 fully saturated rings. The number of thiazole rings is 1. The fourth-order valence-corrected chi connectivity index (χ4v) is 4.41. The molecule has 1 heterocycles. The first-order valence-corrected chi connectivity index (χ1v) is 10.6. The van der Waals surface area contributed by atoms with E-state index < -0.39 is 0 Å². The van der Waals surface area contributed by atoms with Crippen LogP contribution in [0.4, 0.5) is 4.39 Å². The zero-order valence-corrected chi connectivity index (χ0v) is 16.7. The van der Waals surface area contributed by atoms with E-state index in [0.717, 1.165) is 28.2 Å². The normalized spacial score (nSPS) is 12.1. The van der Waals surface area contributed by atoms with Gasteiger partial charge in [-0.15, -0.1) is 0 Å². The molecule has 1 aromatic heterocycles. The topological polar surface area (TPSA) is 34.4 Å². The summed E-state index contributed by atoms with van der Waals surface area (Å²) in [5.74, 6) is 0.442. The highest BCUT2D eigenvalue weighted by Gasteiger charge is 2.11. The first kappa shape index (κ1) is 18.9. The van der Waals surface area contributed by atoms with Crippen LogP contribution in [0.5, 0.6) is 0 Å². The maximum atomic E-state index is 13.0. The fraction of sp³-hybridized carbons (Fsp3) is 0.300. The minimum Gasteiger partial charge on any atom is -0.315 e. The number of amides is 1. The van der Waals surface area contributed by atoms with Gasteiger partial charge in [0.05, 0.1) is 16.6 Å². The van der Waals surface area contributed by atoms with E-state index >= 15 is 0 Å². The monoisotopic (exact) mass is 388 g/mol. The van der Waals surface area contributed by atoms with Gasteiger partial charge >= 0.3 is 0 Å². The molecule has 0 aliphatic carbocycles. The molecule has 3 rings (SSSR count). The largest absolute Gasteiger partial charge is 0.315 e. The number of fused-ring (bicyclic) bond motifs is 1. The number of rotatable bonds is 5.